The summed E-state index contributed by atoms with van der Waals surface area (Å²) in [6.07, 6.45) is 0. The van der Waals surface area contributed by atoms with Gasteiger partial charge in [-0.05, 0) is 22.9 Å². The summed E-state index contributed by atoms with van der Waals surface area (Å²) in [5.74, 6) is 0. The molecular formula is C18H11N2S. The van der Waals surface area contributed by atoms with E-state index >= 15 is 0 Å². The molecule has 99 valence electrons. The van der Waals surface area contributed by atoms with Gasteiger partial charge in [-0.3, -0.25) is 0 Å². The number of nitrogens with zero attached hydrogens (tertiary/aromatic N) is 2. The van der Waals surface area contributed by atoms with Crippen LogP contribution in [0.4, 0.5) is 0 Å². The zero-order valence-corrected chi connectivity index (χ0v) is 12.0. The number of fused-ring (bicyclic) bond motifs is 1. The summed E-state index contributed by atoms with van der Waals surface area (Å²) < 4.78 is 0. The lowest BCUT2D eigenvalue weighted by molar-refractivity contribution is 1.10. The van der Waals surface area contributed by atoms with Gasteiger partial charge in [0.1, 0.15) is 10.0 Å². The van der Waals surface area contributed by atoms with E-state index in [-0.39, 0.29) is 0 Å². The van der Waals surface area contributed by atoms with Crippen LogP contribution in [0, 0.1) is 6.07 Å². The Labute approximate surface area is 126 Å². The molecule has 0 N–H and O–H groups in total. The highest BCUT2D eigenvalue weighted by Gasteiger charge is 2.08. The minimum atomic E-state index is 0.902. The smallest absolute Gasteiger partial charge is 0.138 e. The van der Waals surface area contributed by atoms with Crippen molar-refractivity contribution in [1.82, 2.24) is 10.2 Å². The second-order valence-electron chi connectivity index (χ2n) is 4.75. The van der Waals surface area contributed by atoms with E-state index < -0.39 is 0 Å². The number of hydrogen-bond donors (Lipinski definition) is 0. The molecule has 0 aliphatic rings. The van der Waals surface area contributed by atoms with Crippen molar-refractivity contribution in [2.24, 2.45) is 0 Å². The third kappa shape index (κ3) is 2.32. The molecule has 0 bridgehead atoms. The van der Waals surface area contributed by atoms with Crippen LogP contribution in [0.5, 0.6) is 0 Å². The molecule has 4 rings (SSSR count). The zero-order valence-electron chi connectivity index (χ0n) is 11.2. The molecule has 3 aromatic carbocycles. The van der Waals surface area contributed by atoms with E-state index in [1.165, 1.54) is 10.8 Å². The van der Waals surface area contributed by atoms with Gasteiger partial charge in [-0.25, -0.2) is 0 Å². The van der Waals surface area contributed by atoms with Gasteiger partial charge in [0.2, 0.25) is 0 Å². The van der Waals surface area contributed by atoms with Gasteiger partial charge < -0.3 is 0 Å². The zero-order chi connectivity index (χ0) is 14.1. The Kier molecular flexibility index (Phi) is 2.98. The Morgan fingerprint density at radius 2 is 1.57 bits per heavy atom. The molecule has 0 aliphatic heterocycles. The van der Waals surface area contributed by atoms with Crippen LogP contribution < -0.4 is 0 Å². The number of aromatic nitrogens is 2. The summed E-state index contributed by atoms with van der Waals surface area (Å²) in [7, 11) is 0. The first-order chi connectivity index (χ1) is 10.4. The molecule has 2 nitrogen and oxygen atoms in total. The molecule has 1 aromatic heterocycles. The normalized spacial score (nSPS) is 10.9. The highest BCUT2D eigenvalue weighted by molar-refractivity contribution is 7.17. The maximum Gasteiger partial charge on any atom is 0.148 e. The lowest BCUT2D eigenvalue weighted by Crippen LogP contribution is -1.78. The molecule has 1 radical (unpaired) electrons. The molecule has 1 heterocycles. The molecule has 0 saturated heterocycles. The van der Waals surface area contributed by atoms with E-state index in [4.69, 9.17) is 0 Å². The van der Waals surface area contributed by atoms with Gasteiger partial charge in [-0.1, -0.05) is 72.0 Å². The fraction of sp³-hybridized carbons (Fsp3) is 0. The highest BCUT2D eigenvalue weighted by Crippen LogP contribution is 2.31. The third-order valence-corrected chi connectivity index (χ3v) is 4.37. The van der Waals surface area contributed by atoms with Crippen molar-refractivity contribution in [3.8, 4) is 21.1 Å². The molecular weight excluding hydrogens is 276 g/mol. The Morgan fingerprint density at radius 1 is 0.762 bits per heavy atom. The number of rotatable bonds is 2. The minimum absolute atomic E-state index is 0.902. The summed E-state index contributed by atoms with van der Waals surface area (Å²) in [6, 6.07) is 25.7. The van der Waals surface area contributed by atoms with Crippen molar-refractivity contribution in [2.45, 2.75) is 0 Å². The third-order valence-electron chi connectivity index (χ3n) is 3.36. The van der Waals surface area contributed by atoms with E-state index in [1.807, 2.05) is 24.3 Å². The standard InChI is InChI=1S/C18H11N2S/c1-2-7-14(8-3-1)17-19-20-18(21-17)16-11-10-13-6-4-5-9-15(13)12-16/h1-7,9-12H. The maximum atomic E-state index is 4.32. The number of benzene rings is 3. The van der Waals surface area contributed by atoms with Crippen molar-refractivity contribution in [3.63, 3.8) is 0 Å². The van der Waals surface area contributed by atoms with E-state index in [1.54, 1.807) is 11.3 Å². The predicted molar refractivity (Wildman–Crippen MR) is 87.1 cm³/mol. The molecule has 0 spiro atoms. The van der Waals surface area contributed by atoms with Gasteiger partial charge in [0.15, 0.2) is 0 Å². The van der Waals surface area contributed by atoms with Gasteiger partial charge in [0.25, 0.3) is 0 Å². The summed E-state index contributed by atoms with van der Waals surface area (Å²) in [5, 5.41) is 12.9. The van der Waals surface area contributed by atoms with Gasteiger partial charge >= 0.3 is 0 Å². The van der Waals surface area contributed by atoms with E-state index in [2.05, 4.69) is 58.7 Å². The molecule has 21 heavy (non-hydrogen) atoms. The second-order valence-corrected chi connectivity index (χ2v) is 5.73. The Balaban J connectivity index is 1.77. The molecule has 0 unspecified atom stereocenters. The fourth-order valence-electron chi connectivity index (χ4n) is 2.30. The molecule has 4 aromatic rings. The molecule has 0 aliphatic carbocycles. The van der Waals surface area contributed by atoms with Gasteiger partial charge in [0, 0.05) is 11.1 Å². The molecule has 0 atom stereocenters. The topological polar surface area (TPSA) is 25.8 Å². The molecule has 0 fully saturated rings. The second kappa shape index (κ2) is 5.11. The van der Waals surface area contributed by atoms with Crippen LogP contribution in [-0.2, 0) is 0 Å². The van der Waals surface area contributed by atoms with Crippen LogP contribution in [0.3, 0.4) is 0 Å². The molecule has 0 amide bonds. The van der Waals surface area contributed by atoms with Crippen LogP contribution in [0.25, 0.3) is 31.9 Å². The van der Waals surface area contributed by atoms with Crippen LogP contribution in [-0.4, -0.2) is 10.2 Å². The van der Waals surface area contributed by atoms with Crippen molar-refractivity contribution >= 4 is 22.1 Å². The minimum Gasteiger partial charge on any atom is -0.138 e. The maximum absolute atomic E-state index is 4.32. The Morgan fingerprint density at radius 3 is 2.43 bits per heavy atom. The highest BCUT2D eigenvalue weighted by atomic mass is 32.1. The van der Waals surface area contributed by atoms with Crippen LogP contribution >= 0.6 is 11.3 Å². The van der Waals surface area contributed by atoms with Crippen molar-refractivity contribution in [2.75, 3.05) is 0 Å². The van der Waals surface area contributed by atoms with Crippen LogP contribution in [0.15, 0.2) is 66.7 Å². The fourth-order valence-corrected chi connectivity index (χ4v) is 3.13. The Bertz CT molecular complexity index is 897. The summed E-state index contributed by atoms with van der Waals surface area (Å²) >= 11 is 1.59. The monoisotopic (exact) mass is 287 g/mol. The van der Waals surface area contributed by atoms with Gasteiger partial charge in [-0.15, -0.1) is 10.2 Å². The van der Waals surface area contributed by atoms with Crippen LogP contribution in [0.2, 0.25) is 0 Å². The summed E-state index contributed by atoms with van der Waals surface area (Å²) in [6.45, 7) is 0. The van der Waals surface area contributed by atoms with Crippen molar-refractivity contribution < 1.29 is 0 Å². The Hall–Kier alpha value is -2.52. The SMILES string of the molecule is [c]1ccccc1-c1nnc(-c2ccc3ccccc3c2)s1. The van der Waals surface area contributed by atoms with Gasteiger partial charge in [0.05, 0.1) is 0 Å². The summed E-state index contributed by atoms with van der Waals surface area (Å²) in [4.78, 5) is 0. The van der Waals surface area contributed by atoms with Crippen molar-refractivity contribution in [3.05, 3.63) is 72.8 Å². The quantitative estimate of drug-likeness (QED) is 0.528. The van der Waals surface area contributed by atoms with E-state index in [9.17, 15) is 0 Å². The summed E-state index contributed by atoms with van der Waals surface area (Å²) in [5.41, 5.74) is 2.09. The first-order valence-corrected chi connectivity index (χ1v) is 7.51. The average Bonchev–Trinajstić information content (AvgIpc) is 3.05. The largest absolute Gasteiger partial charge is 0.148 e. The molecule has 0 saturated carbocycles. The lowest BCUT2D eigenvalue weighted by atomic mass is 10.1. The van der Waals surface area contributed by atoms with E-state index in [0.29, 0.717) is 0 Å². The first kappa shape index (κ1) is 12.2. The predicted octanol–water partition coefficient (Wildman–Crippen LogP) is 4.83. The average molecular weight is 287 g/mol. The van der Waals surface area contributed by atoms with Crippen LogP contribution in [0.1, 0.15) is 0 Å². The number of hydrogen-bond acceptors (Lipinski definition) is 3. The van der Waals surface area contributed by atoms with E-state index in [0.717, 1.165) is 21.1 Å². The lowest BCUT2D eigenvalue weighted by Gasteiger charge is -1.99. The van der Waals surface area contributed by atoms with Gasteiger partial charge in [-0.2, -0.15) is 0 Å². The van der Waals surface area contributed by atoms with Crippen molar-refractivity contribution in [1.29, 1.82) is 0 Å². The molecule has 3 heteroatoms. The first-order valence-electron chi connectivity index (χ1n) is 6.70.